The van der Waals surface area contributed by atoms with Crippen LogP contribution in [0.15, 0.2) is 4.99 Å². The van der Waals surface area contributed by atoms with Gasteiger partial charge in [-0.3, -0.25) is 4.99 Å². The van der Waals surface area contributed by atoms with Gasteiger partial charge in [-0.15, -0.1) is 0 Å². The van der Waals surface area contributed by atoms with E-state index in [1.54, 1.807) is 0 Å². The molecule has 0 aromatic rings. The number of nitrogens with one attached hydrogen (secondary N) is 1. The zero-order valence-corrected chi connectivity index (χ0v) is 10.9. The van der Waals surface area contributed by atoms with Crippen LogP contribution in [0.5, 0.6) is 0 Å². The fourth-order valence-corrected chi connectivity index (χ4v) is 3.69. The Morgan fingerprint density at radius 1 is 1.40 bits per heavy atom. The molecule has 2 rings (SSSR count). The highest BCUT2D eigenvalue weighted by molar-refractivity contribution is 8.13. The molecule has 15 heavy (non-hydrogen) atoms. The van der Waals surface area contributed by atoms with Crippen molar-refractivity contribution in [3.8, 4) is 0 Å². The first-order valence-corrected chi connectivity index (χ1v) is 7.04. The lowest BCUT2D eigenvalue weighted by Crippen LogP contribution is -2.46. The van der Waals surface area contributed by atoms with Crippen LogP contribution in [0.3, 0.4) is 0 Å². The average Bonchev–Trinajstić information content (AvgIpc) is 2.50. The first kappa shape index (κ1) is 11.3. The normalized spacial score (nSPS) is 37.9. The Hall–Kier alpha value is -0.180. The van der Waals surface area contributed by atoms with E-state index in [1.165, 1.54) is 36.6 Å². The zero-order valence-electron chi connectivity index (χ0n) is 10.0. The maximum atomic E-state index is 4.88. The topological polar surface area (TPSA) is 24.4 Å². The minimum absolute atomic E-state index is 0.242. The Labute approximate surface area is 97.3 Å². The van der Waals surface area contributed by atoms with Crippen LogP contribution in [0.4, 0.5) is 0 Å². The molecule has 1 aliphatic carbocycles. The van der Waals surface area contributed by atoms with Crippen molar-refractivity contribution >= 4 is 16.9 Å². The molecule has 0 radical (unpaired) electrons. The predicted octanol–water partition coefficient (Wildman–Crippen LogP) is 3.04. The Balaban J connectivity index is 2.00. The minimum Gasteiger partial charge on any atom is -0.360 e. The monoisotopic (exact) mass is 226 g/mol. The van der Waals surface area contributed by atoms with E-state index in [0.29, 0.717) is 6.04 Å². The van der Waals surface area contributed by atoms with E-state index in [1.807, 2.05) is 11.8 Å². The van der Waals surface area contributed by atoms with Gasteiger partial charge >= 0.3 is 0 Å². The molecule has 2 unspecified atom stereocenters. The molecule has 86 valence electrons. The molecular formula is C12H22N2S. The predicted molar refractivity (Wildman–Crippen MR) is 68.5 cm³/mol. The molecule has 0 amide bonds. The summed E-state index contributed by atoms with van der Waals surface area (Å²) in [6.07, 6.45) is 5.23. The summed E-state index contributed by atoms with van der Waals surface area (Å²) in [5.74, 6) is 1.99. The summed E-state index contributed by atoms with van der Waals surface area (Å²) in [6, 6.07) is 0.578. The Bertz CT molecular complexity index is 260. The fraction of sp³-hybridized carbons (Fsp3) is 0.917. The number of aliphatic imine (C=N–C) groups is 1. The lowest BCUT2D eigenvalue weighted by Gasteiger charge is -2.33. The highest BCUT2D eigenvalue weighted by atomic mass is 32.2. The quantitative estimate of drug-likeness (QED) is 0.743. The number of rotatable bonds is 1. The molecule has 1 N–H and O–H groups in total. The lowest BCUT2D eigenvalue weighted by atomic mass is 10.0. The van der Waals surface area contributed by atoms with Crippen molar-refractivity contribution in [3.63, 3.8) is 0 Å². The average molecular weight is 226 g/mol. The second-order valence-corrected chi connectivity index (χ2v) is 6.60. The molecule has 0 spiro atoms. The second kappa shape index (κ2) is 4.36. The van der Waals surface area contributed by atoms with Crippen LogP contribution in [0, 0.1) is 5.92 Å². The summed E-state index contributed by atoms with van der Waals surface area (Å²) in [7, 11) is 0. The van der Waals surface area contributed by atoms with E-state index < -0.39 is 0 Å². The first-order chi connectivity index (χ1) is 7.07. The Kier molecular flexibility index (Phi) is 3.29. The number of hydrogen-bond donors (Lipinski definition) is 1. The van der Waals surface area contributed by atoms with Gasteiger partial charge in [-0.25, -0.2) is 0 Å². The summed E-state index contributed by atoms with van der Waals surface area (Å²) >= 11 is 1.89. The number of hydrogen-bond acceptors (Lipinski definition) is 2. The Morgan fingerprint density at radius 3 is 2.80 bits per heavy atom. The van der Waals surface area contributed by atoms with E-state index in [0.717, 1.165) is 5.92 Å². The SMILES string of the molecule is CC1CCCC1N=C1NC(C)(C)CCS1. The molecular weight excluding hydrogens is 204 g/mol. The van der Waals surface area contributed by atoms with Crippen molar-refractivity contribution in [1.29, 1.82) is 0 Å². The fourth-order valence-electron chi connectivity index (χ4n) is 2.33. The standard InChI is InChI=1S/C12H22N2S/c1-9-5-4-6-10(9)13-11-14-12(2,3)7-8-15-11/h9-10H,4-8H2,1-3H3,(H,13,14). The summed E-state index contributed by atoms with van der Waals surface area (Å²) in [5.41, 5.74) is 0.242. The van der Waals surface area contributed by atoms with Crippen molar-refractivity contribution in [3.05, 3.63) is 0 Å². The lowest BCUT2D eigenvalue weighted by molar-refractivity contribution is 0.442. The van der Waals surface area contributed by atoms with Gasteiger partial charge in [0.15, 0.2) is 5.17 Å². The molecule has 0 bridgehead atoms. The van der Waals surface area contributed by atoms with E-state index in [4.69, 9.17) is 4.99 Å². The second-order valence-electron chi connectivity index (χ2n) is 5.52. The molecule has 2 nitrogen and oxygen atoms in total. The number of amidine groups is 1. The van der Waals surface area contributed by atoms with Crippen molar-refractivity contribution in [1.82, 2.24) is 5.32 Å². The van der Waals surface area contributed by atoms with Gasteiger partial charge in [0.2, 0.25) is 0 Å². The number of thioether (sulfide) groups is 1. The van der Waals surface area contributed by atoms with Crippen molar-refractivity contribution in [2.75, 3.05) is 5.75 Å². The van der Waals surface area contributed by atoms with Crippen LogP contribution in [-0.4, -0.2) is 22.5 Å². The summed E-state index contributed by atoms with van der Waals surface area (Å²) in [5, 5.41) is 4.74. The van der Waals surface area contributed by atoms with Crippen LogP contribution in [0.2, 0.25) is 0 Å². The number of nitrogens with zero attached hydrogens (tertiary/aromatic N) is 1. The van der Waals surface area contributed by atoms with Gasteiger partial charge in [0, 0.05) is 11.3 Å². The molecule has 1 saturated carbocycles. The third-order valence-corrected chi connectivity index (χ3v) is 4.40. The molecule has 2 fully saturated rings. The van der Waals surface area contributed by atoms with Crippen LogP contribution in [0.1, 0.15) is 46.5 Å². The zero-order chi connectivity index (χ0) is 10.9. The maximum absolute atomic E-state index is 4.88. The van der Waals surface area contributed by atoms with Crippen molar-refractivity contribution < 1.29 is 0 Å². The molecule has 3 heteroatoms. The molecule has 1 saturated heterocycles. The first-order valence-electron chi connectivity index (χ1n) is 6.06. The molecule has 0 aromatic heterocycles. The largest absolute Gasteiger partial charge is 0.360 e. The Morgan fingerprint density at radius 2 is 2.20 bits per heavy atom. The molecule has 1 heterocycles. The summed E-state index contributed by atoms with van der Waals surface area (Å²) < 4.78 is 0. The maximum Gasteiger partial charge on any atom is 0.157 e. The smallest absolute Gasteiger partial charge is 0.157 e. The van der Waals surface area contributed by atoms with Crippen molar-refractivity contribution in [2.45, 2.75) is 58.0 Å². The van der Waals surface area contributed by atoms with Crippen molar-refractivity contribution in [2.24, 2.45) is 10.9 Å². The summed E-state index contributed by atoms with van der Waals surface area (Å²) in [6.45, 7) is 6.86. The van der Waals surface area contributed by atoms with Gasteiger partial charge in [-0.05, 0) is 39.0 Å². The van der Waals surface area contributed by atoms with Crippen LogP contribution in [0.25, 0.3) is 0 Å². The summed E-state index contributed by atoms with van der Waals surface area (Å²) in [4.78, 5) is 4.88. The van der Waals surface area contributed by atoms with Crippen LogP contribution < -0.4 is 5.32 Å². The van der Waals surface area contributed by atoms with Crippen LogP contribution >= 0.6 is 11.8 Å². The molecule has 2 atom stereocenters. The van der Waals surface area contributed by atoms with Gasteiger partial charge in [0.05, 0.1) is 6.04 Å². The minimum atomic E-state index is 0.242. The van der Waals surface area contributed by atoms with Crippen LogP contribution in [-0.2, 0) is 0 Å². The molecule has 2 aliphatic rings. The highest BCUT2D eigenvalue weighted by Crippen LogP contribution is 2.30. The van der Waals surface area contributed by atoms with E-state index in [9.17, 15) is 0 Å². The third kappa shape index (κ3) is 2.90. The van der Waals surface area contributed by atoms with E-state index in [2.05, 4.69) is 26.1 Å². The van der Waals surface area contributed by atoms with Gasteiger partial charge in [-0.1, -0.05) is 25.1 Å². The van der Waals surface area contributed by atoms with E-state index >= 15 is 0 Å². The van der Waals surface area contributed by atoms with Gasteiger partial charge in [-0.2, -0.15) is 0 Å². The third-order valence-electron chi connectivity index (χ3n) is 3.51. The van der Waals surface area contributed by atoms with Gasteiger partial charge in [0.1, 0.15) is 0 Å². The highest BCUT2D eigenvalue weighted by Gasteiger charge is 2.27. The van der Waals surface area contributed by atoms with Gasteiger partial charge < -0.3 is 5.32 Å². The molecule has 1 aliphatic heterocycles. The van der Waals surface area contributed by atoms with Gasteiger partial charge in [0.25, 0.3) is 0 Å². The molecule has 0 aromatic carbocycles. The van der Waals surface area contributed by atoms with E-state index in [-0.39, 0.29) is 5.54 Å².